The minimum Gasteiger partial charge on any atom is -0.312 e. The fraction of sp³-hybridized carbons (Fsp3) is 0.958. The third-order valence-corrected chi connectivity index (χ3v) is 9.67. The highest BCUT2D eigenvalue weighted by molar-refractivity contribution is 5.08. The molecule has 0 radical (unpaired) electrons. The molecule has 6 heteroatoms. The molecule has 30 heavy (non-hydrogen) atoms. The van der Waals surface area contributed by atoms with Crippen molar-refractivity contribution in [2.75, 3.05) is 26.3 Å². The van der Waals surface area contributed by atoms with E-state index in [1.54, 1.807) is 0 Å². The molecule has 0 aromatic heterocycles. The van der Waals surface area contributed by atoms with Crippen molar-refractivity contribution in [1.29, 1.82) is 5.26 Å². The second-order valence-electron chi connectivity index (χ2n) is 11.5. The fourth-order valence-corrected chi connectivity index (χ4v) is 7.75. The van der Waals surface area contributed by atoms with Gasteiger partial charge in [0.1, 0.15) is 0 Å². The van der Waals surface area contributed by atoms with Gasteiger partial charge in [-0.3, -0.25) is 10.9 Å². The van der Waals surface area contributed by atoms with Crippen LogP contribution in [0, 0.1) is 52.3 Å². The Labute approximate surface area is 182 Å². The van der Waals surface area contributed by atoms with Crippen molar-refractivity contribution in [1.82, 2.24) is 26.8 Å². The summed E-state index contributed by atoms with van der Waals surface area (Å²) in [6.07, 6.45) is 9.13. The summed E-state index contributed by atoms with van der Waals surface area (Å²) in [5.41, 5.74) is 7.31. The molecule has 6 unspecified atom stereocenters. The second-order valence-corrected chi connectivity index (χ2v) is 11.5. The van der Waals surface area contributed by atoms with Crippen molar-refractivity contribution >= 4 is 0 Å². The summed E-state index contributed by atoms with van der Waals surface area (Å²) in [6.45, 7) is 8.74. The Bertz CT molecular complexity index is 630. The van der Waals surface area contributed by atoms with E-state index in [1.165, 1.54) is 58.0 Å². The van der Waals surface area contributed by atoms with Crippen LogP contribution in [0.4, 0.5) is 0 Å². The van der Waals surface area contributed by atoms with Crippen LogP contribution in [-0.4, -0.2) is 44.4 Å². The molecule has 5 rings (SSSR count). The Balaban J connectivity index is 1.26. The molecule has 5 aliphatic rings. The molecule has 5 fully saturated rings. The van der Waals surface area contributed by atoms with E-state index in [0.29, 0.717) is 24.0 Å². The molecule has 3 saturated heterocycles. The summed E-state index contributed by atoms with van der Waals surface area (Å²) in [4.78, 5) is 0. The molecule has 0 amide bonds. The van der Waals surface area contributed by atoms with Crippen molar-refractivity contribution in [3.63, 3.8) is 0 Å². The zero-order valence-corrected chi connectivity index (χ0v) is 18.9. The topological polar surface area (TPSA) is 83.9 Å². The molecule has 3 heterocycles. The van der Waals surface area contributed by atoms with Crippen LogP contribution in [0.2, 0.25) is 0 Å². The summed E-state index contributed by atoms with van der Waals surface area (Å²) in [7, 11) is 0. The van der Waals surface area contributed by atoms with E-state index in [1.807, 2.05) is 0 Å². The molecule has 6 nitrogen and oxygen atoms in total. The molecule has 0 aromatic carbocycles. The minimum atomic E-state index is -0.173. The lowest BCUT2D eigenvalue weighted by atomic mass is 9.60. The average Bonchev–Trinajstić information content (AvgIpc) is 3.24. The lowest BCUT2D eigenvalue weighted by Crippen LogP contribution is -2.59. The van der Waals surface area contributed by atoms with Crippen LogP contribution in [0.3, 0.4) is 0 Å². The van der Waals surface area contributed by atoms with Gasteiger partial charge in [-0.05, 0) is 94.3 Å². The SMILES string of the molecule is CC(C)(C#N)C1CCC(C2NNC3CNC4CCC(C5CNCNC5)CC4C32)CC1. The maximum absolute atomic E-state index is 9.55. The van der Waals surface area contributed by atoms with Crippen molar-refractivity contribution in [3.8, 4) is 6.07 Å². The van der Waals surface area contributed by atoms with Crippen LogP contribution in [0.1, 0.15) is 58.8 Å². The van der Waals surface area contributed by atoms with Crippen LogP contribution in [0.25, 0.3) is 0 Å². The van der Waals surface area contributed by atoms with Gasteiger partial charge in [-0.2, -0.15) is 5.26 Å². The first-order valence-electron chi connectivity index (χ1n) is 12.6. The van der Waals surface area contributed by atoms with Gasteiger partial charge in [0.25, 0.3) is 0 Å². The highest BCUT2D eigenvalue weighted by atomic mass is 15.4. The third kappa shape index (κ3) is 3.93. The number of nitriles is 1. The predicted octanol–water partition coefficient (Wildman–Crippen LogP) is 1.96. The van der Waals surface area contributed by atoms with E-state index in [-0.39, 0.29) is 5.41 Å². The second kappa shape index (κ2) is 8.67. The Morgan fingerprint density at radius 3 is 2.27 bits per heavy atom. The van der Waals surface area contributed by atoms with Gasteiger partial charge in [0.15, 0.2) is 0 Å². The van der Waals surface area contributed by atoms with E-state index < -0.39 is 0 Å². The van der Waals surface area contributed by atoms with Crippen molar-refractivity contribution < 1.29 is 0 Å². The van der Waals surface area contributed by atoms with E-state index in [2.05, 4.69) is 46.7 Å². The molecule has 0 bridgehead atoms. The molecule has 168 valence electrons. The molecule has 2 saturated carbocycles. The first kappa shape index (κ1) is 21.2. The first-order valence-corrected chi connectivity index (χ1v) is 12.6. The van der Waals surface area contributed by atoms with Crippen LogP contribution < -0.4 is 26.8 Å². The summed E-state index contributed by atoms with van der Waals surface area (Å²) in [5, 5.41) is 20.6. The number of nitrogens with one attached hydrogen (secondary N) is 5. The number of nitrogens with zero attached hydrogens (tertiary/aromatic N) is 1. The van der Waals surface area contributed by atoms with Gasteiger partial charge in [0.2, 0.25) is 0 Å². The predicted molar refractivity (Wildman–Crippen MR) is 119 cm³/mol. The molecule has 2 aliphatic carbocycles. The Hall–Kier alpha value is -0.710. The summed E-state index contributed by atoms with van der Waals surface area (Å²) in [5.74, 6) is 4.54. The lowest BCUT2D eigenvalue weighted by Gasteiger charge is -2.50. The Morgan fingerprint density at radius 2 is 1.53 bits per heavy atom. The summed E-state index contributed by atoms with van der Waals surface area (Å²) < 4.78 is 0. The molecule has 3 aliphatic heterocycles. The van der Waals surface area contributed by atoms with Gasteiger partial charge < -0.3 is 16.0 Å². The largest absolute Gasteiger partial charge is 0.312 e. The van der Waals surface area contributed by atoms with E-state index in [9.17, 15) is 5.26 Å². The third-order valence-electron chi connectivity index (χ3n) is 9.67. The number of fused-ring (bicyclic) bond motifs is 3. The maximum atomic E-state index is 9.55. The van der Waals surface area contributed by atoms with Gasteiger partial charge in [-0.15, -0.1) is 0 Å². The summed E-state index contributed by atoms with van der Waals surface area (Å²) in [6, 6.07) is 4.46. The maximum Gasteiger partial charge on any atom is 0.0686 e. The van der Waals surface area contributed by atoms with Gasteiger partial charge >= 0.3 is 0 Å². The monoisotopic (exact) mass is 414 g/mol. The molecule has 0 spiro atoms. The van der Waals surface area contributed by atoms with Gasteiger partial charge in [0.05, 0.1) is 11.5 Å². The smallest absolute Gasteiger partial charge is 0.0686 e. The molecular formula is C24H42N6. The highest BCUT2D eigenvalue weighted by Crippen LogP contribution is 2.47. The normalized spacial score (nSPS) is 45.4. The Kier molecular flexibility index (Phi) is 6.11. The van der Waals surface area contributed by atoms with Crippen molar-refractivity contribution in [3.05, 3.63) is 0 Å². The number of piperidine rings is 1. The zero-order valence-electron chi connectivity index (χ0n) is 18.9. The van der Waals surface area contributed by atoms with E-state index >= 15 is 0 Å². The average molecular weight is 415 g/mol. The van der Waals surface area contributed by atoms with Gasteiger partial charge in [-0.25, -0.2) is 0 Å². The first-order chi connectivity index (χ1) is 14.6. The van der Waals surface area contributed by atoms with Crippen LogP contribution in [-0.2, 0) is 0 Å². The van der Waals surface area contributed by atoms with Crippen LogP contribution in [0.15, 0.2) is 0 Å². The molecule has 0 aromatic rings. The van der Waals surface area contributed by atoms with Crippen molar-refractivity contribution in [2.45, 2.75) is 76.9 Å². The Morgan fingerprint density at radius 1 is 0.800 bits per heavy atom. The minimum absolute atomic E-state index is 0.173. The van der Waals surface area contributed by atoms with Crippen LogP contribution >= 0.6 is 0 Å². The quantitative estimate of drug-likeness (QED) is 0.486. The number of hydrogen-bond acceptors (Lipinski definition) is 6. The fourth-order valence-electron chi connectivity index (χ4n) is 7.75. The highest BCUT2D eigenvalue weighted by Gasteiger charge is 2.51. The number of rotatable bonds is 3. The van der Waals surface area contributed by atoms with Gasteiger partial charge in [0, 0.05) is 44.4 Å². The van der Waals surface area contributed by atoms with E-state index in [4.69, 9.17) is 0 Å². The molecule has 6 atom stereocenters. The molecule has 5 N–H and O–H groups in total. The zero-order chi connectivity index (χ0) is 20.7. The van der Waals surface area contributed by atoms with Crippen LogP contribution in [0.5, 0.6) is 0 Å². The number of hydrogen-bond donors (Lipinski definition) is 5. The van der Waals surface area contributed by atoms with E-state index in [0.717, 1.165) is 42.8 Å². The van der Waals surface area contributed by atoms with Crippen molar-refractivity contribution in [2.24, 2.45) is 40.9 Å². The van der Waals surface area contributed by atoms with Gasteiger partial charge in [-0.1, -0.05) is 0 Å². The standard InChI is InChI=1S/C24H42N6/c1-24(2,13-25)18-6-3-15(4-7-18)23-22-19-9-16(17-10-26-14-27-11-17)5-8-20(19)28-12-21(22)29-30-23/h15-23,26-30H,3-12,14H2,1-2H3. The number of hydrazine groups is 1. The molecular weight excluding hydrogens is 372 g/mol. The summed E-state index contributed by atoms with van der Waals surface area (Å²) >= 11 is 0. The lowest BCUT2D eigenvalue weighted by molar-refractivity contribution is 0.0481.